The first-order valence-corrected chi connectivity index (χ1v) is 6.94. The average Bonchev–Trinajstić information content (AvgIpc) is 2.65. The summed E-state index contributed by atoms with van der Waals surface area (Å²) in [5.74, 6) is 0.540. The fourth-order valence-electron chi connectivity index (χ4n) is 1.25. The maximum atomic E-state index is 11.3. The SMILES string of the molecule is CC(C)C(NC(=O)CI)c1cccs1. The van der Waals surface area contributed by atoms with Crippen LogP contribution in [0.1, 0.15) is 24.8 Å². The Bertz CT molecular complexity index is 284. The molecule has 0 fully saturated rings. The minimum absolute atomic E-state index is 0.109. The standard InChI is InChI=1S/C10H14INOS/c1-7(2)10(12-9(13)6-11)8-4-3-5-14-8/h3-5,7,10H,6H2,1-2H3,(H,12,13). The van der Waals surface area contributed by atoms with Crippen LogP contribution in [0.5, 0.6) is 0 Å². The lowest BCUT2D eigenvalue weighted by molar-refractivity contribution is -0.119. The smallest absolute Gasteiger partial charge is 0.230 e. The van der Waals surface area contributed by atoms with Crippen LogP contribution in [0.3, 0.4) is 0 Å². The van der Waals surface area contributed by atoms with Crippen LogP contribution in [-0.2, 0) is 4.79 Å². The Labute approximate surface area is 102 Å². The fraction of sp³-hybridized carbons (Fsp3) is 0.500. The fourth-order valence-corrected chi connectivity index (χ4v) is 2.42. The van der Waals surface area contributed by atoms with Crippen LogP contribution in [0, 0.1) is 5.92 Å². The zero-order valence-corrected chi connectivity index (χ0v) is 11.3. The molecule has 0 bridgehead atoms. The van der Waals surface area contributed by atoms with Crippen molar-refractivity contribution < 1.29 is 4.79 Å². The molecule has 0 aliphatic rings. The maximum absolute atomic E-state index is 11.3. The van der Waals surface area contributed by atoms with Crippen LogP contribution in [0.4, 0.5) is 0 Å². The molecule has 2 nitrogen and oxygen atoms in total. The van der Waals surface area contributed by atoms with E-state index in [0.717, 1.165) is 0 Å². The molecule has 1 aromatic rings. The molecule has 1 rings (SSSR count). The van der Waals surface area contributed by atoms with E-state index in [-0.39, 0.29) is 11.9 Å². The van der Waals surface area contributed by atoms with Gasteiger partial charge in [0.05, 0.1) is 10.5 Å². The summed E-state index contributed by atoms with van der Waals surface area (Å²) in [5, 5.41) is 5.08. The number of halogens is 1. The van der Waals surface area contributed by atoms with Crippen LogP contribution in [0.2, 0.25) is 0 Å². The normalized spacial score (nSPS) is 12.9. The van der Waals surface area contributed by atoms with Gasteiger partial charge in [0.2, 0.25) is 5.91 Å². The van der Waals surface area contributed by atoms with Crippen molar-refractivity contribution in [3.8, 4) is 0 Å². The van der Waals surface area contributed by atoms with Crippen LogP contribution in [0.25, 0.3) is 0 Å². The van der Waals surface area contributed by atoms with E-state index in [1.165, 1.54) is 4.88 Å². The van der Waals surface area contributed by atoms with Crippen LogP contribution >= 0.6 is 33.9 Å². The van der Waals surface area contributed by atoms with Gasteiger partial charge in [-0.15, -0.1) is 11.3 Å². The molecular formula is C10H14INOS. The van der Waals surface area contributed by atoms with E-state index >= 15 is 0 Å². The van der Waals surface area contributed by atoms with Gasteiger partial charge in [0.1, 0.15) is 0 Å². The summed E-state index contributed by atoms with van der Waals surface area (Å²) in [5.41, 5.74) is 0. The van der Waals surface area contributed by atoms with E-state index < -0.39 is 0 Å². The second kappa shape index (κ2) is 5.70. The van der Waals surface area contributed by atoms with Crippen molar-refractivity contribution >= 4 is 39.8 Å². The summed E-state index contributed by atoms with van der Waals surface area (Å²) in [4.78, 5) is 12.5. The van der Waals surface area contributed by atoms with Gasteiger partial charge in [0.25, 0.3) is 0 Å². The monoisotopic (exact) mass is 323 g/mol. The Morgan fingerprint density at radius 2 is 2.36 bits per heavy atom. The molecule has 0 aromatic carbocycles. The lowest BCUT2D eigenvalue weighted by atomic mass is 10.0. The topological polar surface area (TPSA) is 29.1 Å². The highest BCUT2D eigenvalue weighted by molar-refractivity contribution is 14.1. The van der Waals surface area contributed by atoms with E-state index in [2.05, 4.69) is 47.8 Å². The Balaban J connectivity index is 2.70. The van der Waals surface area contributed by atoms with Crippen molar-refractivity contribution in [1.29, 1.82) is 0 Å². The molecule has 4 heteroatoms. The lowest BCUT2D eigenvalue weighted by Crippen LogP contribution is -2.31. The molecular weight excluding hydrogens is 309 g/mol. The van der Waals surface area contributed by atoms with E-state index in [9.17, 15) is 4.79 Å². The van der Waals surface area contributed by atoms with Crippen molar-refractivity contribution in [2.45, 2.75) is 19.9 Å². The molecule has 1 atom stereocenters. The predicted molar refractivity (Wildman–Crippen MR) is 68.9 cm³/mol. The predicted octanol–water partition coefficient (Wildman–Crippen LogP) is 3.00. The van der Waals surface area contributed by atoms with Gasteiger partial charge in [0, 0.05) is 4.88 Å². The number of hydrogen-bond acceptors (Lipinski definition) is 2. The zero-order chi connectivity index (χ0) is 10.6. The largest absolute Gasteiger partial charge is 0.348 e. The molecule has 1 aromatic heterocycles. The number of amides is 1. The summed E-state index contributed by atoms with van der Waals surface area (Å²) >= 11 is 3.77. The molecule has 1 heterocycles. The van der Waals surface area contributed by atoms with Crippen molar-refractivity contribution in [3.63, 3.8) is 0 Å². The summed E-state index contributed by atoms with van der Waals surface area (Å²) in [6.45, 7) is 4.25. The summed E-state index contributed by atoms with van der Waals surface area (Å²) in [6, 6.07) is 4.26. The number of rotatable bonds is 4. The number of alkyl halides is 1. The number of nitrogens with one attached hydrogen (secondary N) is 1. The van der Waals surface area contributed by atoms with Crippen LogP contribution in [-0.4, -0.2) is 10.3 Å². The van der Waals surface area contributed by atoms with Gasteiger partial charge in [-0.25, -0.2) is 0 Å². The van der Waals surface area contributed by atoms with Crippen molar-refractivity contribution in [2.75, 3.05) is 4.43 Å². The molecule has 0 aliphatic heterocycles. The van der Waals surface area contributed by atoms with E-state index in [1.54, 1.807) is 11.3 Å². The molecule has 78 valence electrons. The first kappa shape index (κ1) is 12.0. The second-order valence-electron chi connectivity index (χ2n) is 3.44. The van der Waals surface area contributed by atoms with Gasteiger partial charge in [-0.05, 0) is 17.4 Å². The van der Waals surface area contributed by atoms with Gasteiger partial charge in [-0.1, -0.05) is 42.5 Å². The Morgan fingerprint density at radius 1 is 1.64 bits per heavy atom. The third-order valence-electron chi connectivity index (χ3n) is 1.95. The first-order valence-electron chi connectivity index (χ1n) is 4.54. The molecule has 0 spiro atoms. The third-order valence-corrected chi connectivity index (χ3v) is 3.60. The van der Waals surface area contributed by atoms with Crippen LogP contribution < -0.4 is 5.32 Å². The molecule has 0 aliphatic carbocycles. The molecule has 1 N–H and O–H groups in total. The summed E-state index contributed by atoms with van der Waals surface area (Å²) in [7, 11) is 0. The second-order valence-corrected chi connectivity index (χ2v) is 5.18. The highest BCUT2D eigenvalue weighted by Gasteiger charge is 2.18. The van der Waals surface area contributed by atoms with E-state index in [4.69, 9.17) is 0 Å². The highest BCUT2D eigenvalue weighted by atomic mass is 127. The minimum Gasteiger partial charge on any atom is -0.348 e. The quantitative estimate of drug-likeness (QED) is 0.670. The maximum Gasteiger partial charge on any atom is 0.230 e. The Kier molecular flexibility index (Phi) is 4.88. The summed E-state index contributed by atoms with van der Waals surface area (Å²) < 4.78 is 0.520. The molecule has 0 radical (unpaired) electrons. The van der Waals surface area contributed by atoms with Crippen molar-refractivity contribution in [2.24, 2.45) is 5.92 Å². The van der Waals surface area contributed by atoms with Crippen LogP contribution in [0.15, 0.2) is 17.5 Å². The highest BCUT2D eigenvalue weighted by Crippen LogP contribution is 2.25. The van der Waals surface area contributed by atoms with Gasteiger partial charge in [-0.2, -0.15) is 0 Å². The lowest BCUT2D eigenvalue weighted by Gasteiger charge is -2.20. The van der Waals surface area contributed by atoms with Gasteiger partial charge < -0.3 is 5.32 Å². The number of hydrogen-bond donors (Lipinski definition) is 1. The van der Waals surface area contributed by atoms with Crippen molar-refractivity contribution in [3.05, 3.63) is 22.4 Å². The Hall–Kier alpha value is -0.100. The van der Waals surface area contributed by atoms with E-state index in [1.807, 2.05) is 11.4 Å². The van der Waals surface area contributed by atoms with Gasteiger partial charge in [0.15, 0.2) is 0 Å². The van der Waals surface area contributed by atoms with Gasteiger partial charge in [-0.3, -0.25) is 4.79 Å². The summed E-state index contributed by atoms with van der Waals surface area (Å²) in [6.07, 6.45) is 0. The average molecular weight is 323 g/mol. The number of carbonyl (C=O) groups is 1. The zero-order valence-electron chi connectivity index (χ0n) is 8.29. The molecule has 14 heavy (non-hydrogen) atoms. The first-order chi connectivity index (χ1) is 6.65. The van der Waals surface area contributed by atoms with Gasteiger partial charge >= 0.3 is 0 Å². The number of thiophene rings is 1. The van der Waals surface area contributed by atoms with Crippen molar-refractivity contribution in [1.82, 2.24) is 5.32 Å². The molecule has 1 unspecified atom stereocenters. The minimum atomic E-state index is 0.109. The Morgan fingerprint density at radius 3 is 2.79 bits per heavy atom. The van der Waals surface area contributed by atoms with E-state index in [0.29, 0.717) is 10.3 Å². The molecule has 1 amide bonds. The molecule has 0 saturated heterocycles. The molecule has 0 saturated carbocycles. The third kappa shape index (κ3) is 3.24. The number of carbonyl (C=O) groups excluding carboxylic acids is 1.